The monoisotopic (exact) mass is 232 g/mol. The van der Waals surface area contributed by atoms with Gasteiger partial charge in [-0.3, -0.25) is 4.79 Å². The molecule has 0 N–H and O–H groups in total. The molecule has 0 saturated carbocycles. The molecule has 1 rings (SSSR count). The Labute approximate surface area is 105 Å². The first-order valence-corrected chi connectivity index (χ1v) is 6.55. The van der Waals surface area contributed by atoms with Crippen LogP contribution in [-0.2, 0) is 11.2 Å². The minimum absolute atomic E-state index is 0.394. The van der Waals surface area contributed by atoms with Crippen LogP contribution in [0.4, 0.5) is 0 Å². The molecule has 0 aliphatic carbocycles. The lowest BCUT2D eigenvalue weighted by Gasteiger charge is -2.15. The molecule has 1 nitrogen and oxygen atoms in total. The number of rotatable bonds is 5. The smallest absolute Gasteiger partial charge is 0.133 e. The fourth-order valence-corrected chi connectivity index (χ4v) is 2.34. The lowest BCUT2D eigenvalue weighted by atomic mass is 9.91. The quantitative estimate of drug-likeness (QED) is 0.742. The highest BCUT2D eigenvalue weighted by Crippen LogP contribution is 2.23. The molecule has 0 saturated heterocycles. The topological polar surface area (TPSA) is 17.1 Å². The van der Waals surface area contributed by atoms with E-state index in [9.17, 15) is 4.79 Å². The summed E-state index contributed by atoms with van der Waals surface area (Å²) >= 11 is 0. The molecular formula is C16H24O. The maximum absolute atomic E-state index is 11.6. The van der Waals surface area contributed by atoms with Crippen LogP contribution < -0.4 is 0 Å². The van der Waals surface area contributed by atoms with E-state index in [1.165, 1.54) is 27.8 Å². The minimum Gasteiger partial charge on any atom is -0.300 e. The Morgan fingerprint density at radius 3 is 2.00 bits per heavy atom. The van der Waals surface area contributed by atoms with Crippen molar-refractivity contribution in [1.82, 2.24) is 0 Å². The van der Waals surface area contributed by atoms with Crippen LogP contribution in [0.25, 0.3) is 0 Å². The van der Waals surface area contributed by atoms with Crippen molar-refractivity contribution in [3.05, 3.63) is 33.9 Å². The Morgan fingerprint density at radius 2 is 1.53 bits per heavy atom. The summed E-state index contributed by atoms with van der Waals surface area (Å²) in [5, 5.41) is 0. The summed E-state index contributed by atoms with van der Waals surface area (Å²) in [6, 6.07) is 2.24. The second-order valence-corrected chi connectivity index (χ2v) is 5.03. The third-order valence-corrected chi connectivity index (χ3v) is 3.70. The summed E-state index contributed by atoms with van der Waals surface area (Å²) in [5.74, 6) is 0.394. The summed E-state index contributed by atoms with van der Waals surface area (Å²) in [5.41, 5.74) is 6.78. The van der Waals surface area contributed by atoms with Crippen LogP contribution in [0.15, 0.2) is 6.07 Å². The predicted molar refractivity (Wildman–Crippen MR) is 73.6 cm³/mol. The van der Waals surface area contributed by atoms with Crippen molar-refractivity contribution < 1.29 is 4.79 Å². The largest absolute Gasteiger partial charge is 0.300 e. The lowest BCUT2D eigenvalue weighted by molar-refractivity contribution is -0.119. The molecule has 1 heteroatoms. The molecule has 0 aliphatic heterocycles. The van der Waals surface area contributed by atoms with Gasteiger partial charge in [-0.2, -0.15) is 0 Å². The zero-order valence-electron chi connectivity index (χ0n) is 11.8. The van der Waals surface area contributed by atoms with E-state index in [4.69, 9.17) is 0 Å². The zero-order chi connectivity index (χ0) is 13.0. The van der Waals surface area contributed by atoms with Gasteiger partial charge in [-0.15, -0.1) is 0 Å². The van der Waals surface area contributed by atoms with Gasteiger partial charge in [-0.25, -0.2) is 0 Å². The van der Waals surface area contributed by atoms with Crippen LogP contribution in [0.2, 0.25) is 0 Å². The van der Waals surface area contributed by atoms with Gasteiger partial charge in [0.1, 0.15) is 5.78 Å². The molecule has 1 aromatic rings. The van der Waals surface area contributed by atoms with Gasteiger partial charge in [0.25, 0.3) is 0 Å². The van der Waals surface area contributed by atoms with Crippen molar-refractivity contribution in [2.75, 3.05) is 0 Å². The number of aryl methyl sites for hydroxylation is 2. The fraction of sp³-hybridized carbons (Fsp3) is 0.562. The first-order chi connectivity index (χ1) is 7.97. The molecule has 1 aromatic carbocycles. The van der Waals surface area contributed by atoms with E-state index in [1.807, 2.05) is 0 Å². The SMILES string of the molecule is CCCC(=O)CCc1c(C)c(C)cc(C)c1C. The van der Waals surface area contributed by atoms with Crippen LogP contribution in [0.5, 0.6) is 0 Å². The number of hydrogen-bond acceptors (Lipinski definition) is 1. The number of carbonyl (C=O) groups is 1. The zero-order valence-corrected chi connectivity index (χ0v) is 11.8. The third kappa shape index (κ3) is 3.42. The number of hydrogen-bond donors (Lipinski definition) is 0. The lowest BCUT2D eigenvalue weighted by Crippen LogP contribution is -2.04. The van der Waals surface area contributed by atoms with E-state index in [0.29, 0.717) is 12.2 Å². The number of benzene rings is 1. The Balaban J connectivity index is 2.87. The van der Waals surface area contributed by atoms with Crippen LogP contribution in [0, 0.1) is 27.7 Å². The third-order valence-electron chi connectivity index (χ3n) is 3.70. The van der Waals surface area contributed by atoms with E-state index in [2.05, 4.69) is 40.7 Å². The highest BCUT2D eigenvalue weighted by atomic mass is 16.1. The second-order valence-electron chi connectivity index (χ2n) is 5.03. The van der Waals surface area contributed by atoms with Crippen LogP contribution in [0.3, 0.4) is 0 Å². The van der Waals surface area contributed by atoms with E-state index < -0.39 is 0 Å². The average molecular weight is 232 g/mol. The number of ketones is 1. The van der Waals surface area contributed by atoms with Crippen molar-refractivity contribution in [1.29, 1.82) is 0 Å². The Morgan fingerprint density at radius 1 is 1.00 bits per heavy atom. The van der Waals surface area contributed by atoms with Crippen molar-refractivity contribution in [2.24, 2.45) is 0 Å². The standard InChI is InChI=1S/C16H24O/c1-6-7-15(17)8-9-16-13(4)11(2)10-12(3)14(16)5/h10H,6-9H2,1-5H3. The van der Waals surface area contributed by atoms with Crippen LogP contribution in [-0.4, -0.2) is 5.78 Å². The maximum Gasteiger partial charge on any atom is 0.133 e. The molecular weight excluding hydrogens is 208 g/mol. The normalized spacial score (nSPS) is 10.6. The Bertz CT molecular complexity index is 390. The predicted octanol–water partition coefficient (Wildman–Crippen LogP) is 4.22. The minimum atomic E-state index is 0.394. The molecule has 0 heterocycles. The van der Waals surface area contributed by atoms with Crippen molar-refractivity contribution in [2.45, 2.75) is 60.3 Å². The first-order valence-electron chi connectivity index (χ1n) is 6.55. The summed E-state index contributed by atoms with van der Waals surface area (Å²) in [4.78, 5) is 11.6. The summed E-state index contributed by atoms with van der Waals surface area (Å²) < 4.78 is 0. The summed E-state index contributed by atoms with van der Waals surface area (Å²) in [6.45, 7) is 10.7. The van der Waals surface area contributed by atoms with Gasteiger partial charge >= 0.3 is 0 Å². The van der Waals surface area contributed by atoms with Crippen LogP contribution >= 0.6 is 0 Å². The molecule has 0 radical (unpaired) electrons. The molecule has 94 valence electrons. The molecule has 0 aromatic heterocycles. The first kappa shape index (κ1) is 14.0. The summed E-state index contributed by atoms with van der Waals surface area (Å²) in [7, 11) is 0. The Kier molecular flexibility index (Phi) is 4.92. The molecule has 0 bridgehead atoms. The van der Waals surface area contributed by atoms with Gasteiger partial charge in [0, 0.05) is 12.8 Å². The molecule has 0 amide bonds. The Hall–Kier alpha value is -1.11. The van der Waals surface area contributed by atoms with Gasteiger partial charge in [0.05, 0.1) is 0 Å². The molecule has 0 spiro atoms. The number of carbonyl (C=O) groups excluding carboxylic acids is 1. The van der Waals surface area contributed by atoms with E-state index in [0.717, 1.165) is 19.3 Å². The molecule has 0 atom stereocenters. The van der Waals surface area contributed by atoms with Gasteiger partial charge < -0.3 is 0 Å². The van der Waals surface area contributed by atoms with Gasteiger partial charge in [0.15, 0.2) is 0 Å². The molecule has 0 aliphatic rings. The second kappa shape index (κ2) is 6.00. The van der Waals surface area contributed by atoms with E-state index >= 15 is 0 Å². The van der Waals surface area contributed by atoms with Gasteiger partial charge in [0.2, 0.25) is 0 Å². The summed E-state index contributed by atoms with van der Waals surface area (Å²) in [6.07, 6.45) is 3.28. The van der Waals surface area contributed by atoms with E-state index in [1.54, 1.807) is 0 Å². The van der Waals surface area contributed by atoms with Gasteiger partial charge in [-0.05, 0) is 68.4 Å². The highest BCUT2D eigenvalue weighted by Gasteiger charge is 2.10. The number of Topliss-reactive ketones (excluding diaryl/α,β-unsaturated/α-hetero) is 1. The van der Waals surface area contributed by atoms with E-state index in [-0.39, 0.29) is 0 Å². The van der Waals surface area contributed by atoms with Crippen molar-refractivity contribution >= 4 is 5.78 Å². The average Bonchev–Trinajstić information content (AvgIpc) is 2.27. The fourth-order valence-electron chi connectivity index (χ4n) is 2.34. The molecule has 17 heavy (non-hydrogen) atoms. The van der Waals surface area contributed by atoms with Crippen molar-refractivity contribution in [3.8, 4) is 0 Å². The molecule has 0 fully saturated rings. The van der Waals surface area contributed by atoms with Gasteiger partial charge in [-0.1, -0.05) is 13.0 Å². The van der Waals surface area contributed by atoms with Crippen LogP contribution in [0.1, 0.15) is 54.0 Å². The van der Waals surface area contributed by atoms with Crippen molar-refractivity contribution in [3.63, 3.8) is 0 Å². The maximum atomic E-state index is 11.6. The molecule has 0 unspecified atom stereocenters. The highest BCUT2D eigenvalue weighted by molar-refractivity contribution is 5.78.